The Morgan fingerprint density at radius 3 is 1.22 bits per heavy atom. The maximum Gasteiger partial charge on any atom is 0.425 e. The molecular formula is C65H89BrN10O10S2. The van der Waals surface area contributed by atoms with E-state index in [0.717, 1.165) is 68.2 Å². The molecule has 0 aromatic carbocycles. The number of likely N-dealkylation sites (tertiary alicyclic amines) is 2. The van der Waals surface area contributed by atoms with Gasteiger partial charge in [0.15, 0.2) is 23.1 Å². The lowest BCUT2D eigenvalue weighted by Gasteiger charge is -2.31. The molecule has 8 heterocycles. The highest BCUT2D eigenvalue weighted by molar-refractivity contribution is 9.10. The fourth-order valence-electron chi connectivity index (χ4n) is 9.05. The van der Waals surface area contributed by atoms with Gasteiger partial charge >= 0.3 is 24.4 Å². The van der Waals surface area contributed by atoms with Crippen molar-refractivity contribution in [2.45, 2.75) is 189 Å². The van der Waals surface area contributed by atoms with E-state index < -0.39 is 58.0 Å². The number of hydrogen-bond acceptors (Lipinski definition) is 20. The molecule has 2 fully saturated rings. The van der Waals surface area contributed by atoms with Gasteiger partial charge in [0.25, 0.3) is 0 Å². The second-order valence-electron chi connectivity index (χ2n) is 26.8. The van der Waals surface area contributed by atoms with Crippen molar-refractivity contribution in [1.29, 1.82) is 0 Å². The molecule has 0 saturated carbocycles. The van der Waals surface area contributed by atoms with E-state index in [2.05, 4.69) is 71.7 Å². The van der Waals surface area contributed by atoms with Crippen molar-refractivity contribution in [2.24, 2.45) is 0 Å². The number of ether oxygens (including phenoxy) is 6. The third kappa shape index (κ3) is 21.3. The molecule has 0 radical (unpaired) electrons. The first-order valence-electron chi connectivity index (χ1n) is 29.5. The Labute approximate surface area is 536 Å². The summed E-state index contributed by atoms with van der Waals surface area (Å²) in [5, 5.41) is 2.45. The zero-order valence-corrected chi connectivity index (χ0v) is 57.9. The van der Waals surface area contributed by atoms with Crippen LogP contribution in [-0.4, -0.2) is 127 Å². The van der Waals surface area contributed by atoms with Gasteiger partial charge in [-0.05, 0) is 247 Å². The Morgan fingerprint density at radius 2 is 0.852 bits per heavy atom. The number of piperidine rings is 2. The van der Waals surface area contributed by atoms with E-state index in [9.17, 15) is 19.2 Å². The first-order valence-corrected chi connectivity index (χ1v) is 31.9. The molecule has 0 aliphatic carbocycles. The number of pyridine rings is 4. The van der Waals surface area contributed by atoms with E-state index in [-0.39, 0.29) is 23.1 Å². The molecular weight excluding hydrogens is 1220 g/mol. The number of imide groups is 2. The van der Waals surface area contributed by atoms with Crippen LogP contribution in [0.25, 0.3) is 10.4 Å². The van der Waals surface area contributed by atoms with Crippen LogP contribution in [0.4, 0.5) is 30.8 Å². The predicted octanol–water partition coefficient (Wildman–Crippen LogP) is 15.9. The quantitative estimate of drug-likeness (QED) is 0.110. The van der Waals surface area contributed by atoms with Gasteiger partial charge in [0.2, 0.25) is 0 Å². The van der Waals surface area contributed by atoms with E-state index in [0.29, 0.717) is 10.4 Å². The van der Waals surface area contributed by atoms with Crippen molar-refractivity contribution >= 4 is 74.6 Å². The van der Waals surface area contributed by atoms with E-state index in [1.807, 2.05) is 75.7 Å². The van der Waals surface area contributed by atoms with Gasteiger partial charge in [-0.25, -0.2) is 39.1 Å². The minimum atomic E-state index is -0.923. The lowest BCUT2D eigenvalue weighted by Crippen LogP contribution is -2.44. The number of aromatic nitrogens is 6. The van der Waals surface area contributed by atoms with Gasteiger partial charge in [0, 0.05) is 76.3 Å². The molecule has 2 aliphatic rings. The fraction of sp³-hybridized carbons (Fsp3) is 0.538. The average Bonchev–Trinajstić information content (AvgIpc) is 3.99. The van der Waals surface area contributed by atoms with Crippen LogP contribution in [0.3, 0.4) is 0 Å². The van der Waals surface area contributed by atoms with Crippen LogP contribution in [0, 0.1) is 6.92 Å². The minimum absolute atomic E-state index is 0.0329. The Bertz CT molecular complexity index is 3230. The average molecular weight is 1310 g/mol. The zero-order valence-electron chi connectivity index (χ0n) is 54.6. The number of hydrogen-bond donors (Lipinski definition) is 0. The number of rotatable bonds is 11. The van der Waals surface area contributed by atoms with Gasteiger partial charge in [-0.3, -0.25) is 9.97 Å². The molecule has 88 heavy (non-hydrogen) atoms. The van der Waals surface area contributed by atoms with Crippen molar-refractivity contribution in [3.63, 3.8) is 0 Å². The molecule has 4 amide bonds. The van der Waals surface area contributed by atoms with Crippen LogP contribution in [-0.2, 0) is 30.1 Å². The summed E-state index contributed by atoms with van der Waals surface area (Å²) in [6.45, 7) is 34.8. The Morgan fingerprint density at radius 1 is 0.500 bits per heavy atom. The van der Waals surface area contributed by atoms with E-state index in [1.54, 1.807) is 138 Å². The topological polar surface area (TPSA) is 214 Å². The highest BCUT2D eigenvalue weighted by atomic mass is 79.9. The van der Waals surface area contributed by atoms with Crippen LogP contribution in [0.15, 0.2) is 90.4 Å². The van der Waals surface area contributed by atoms with Crippen molar-refractivity contribution in [3.05, 3.63) is 116 Å². The molecule has 8 rings (SSSR count). The Hall–Kier alpha value is -6.66. The monoisotopic (exact) mass is 1310 g/mol. The summed E-state index contributed by atoms with van der Waals surface area (Å²) in [5.74, 6) is 1.48. The molecule has 0 N–H and O–H groups in total. The zero-order chi connectivity index (χ0) is 65.2. The van der Waals surface area contributed by atoms with Crippen LogP contribution in [0.2, 0.25) is 0 Å². The first kappa shape index (κ1) is 70.4. The largest absolute Gasteiger partial charge is 0.479 e. The SMILES string of the molecule is CC(C)(C)OC(=O)N(C(=O)OC(C)(C)C)c1ncc(Br)cc1OC(C)(C)c1ccncc1.CN1CCC(c2ncc(-c3cnc(N(C(=O)OC(C)(C)C)C(=O)OC(C)(C)C)c(OC(C)(C)c4ccncc4)c3)s2)CC1.Cc1cnc(C2CCN(C)CC2)s1. The summed E-state index contributed by atoms with van der Waals surface area (Å²) in [7, 11) is 4.34. The van der Waals surface area contributed by atoms with Crippen molar-refractivity contribution in [3.8, 4) is 21.9 Å². The summed E-state index contributed by atoms with van der Waals surface area (Å²) >= 11 is 6.87. The molecule has 0 bridgehead atoms. The molecule has 23 heteroatoms. The number of amides is 4. The lowest BCUT2D eigenvalue weighted by atomic mass is 9.98. The second-order valence-corrected chi connectivity index (χ2v) is 30.1. The molecule has 2 saturated heterocycles. The molecule has 6 aromatic heterocycles. The summed E-state index contributed by atoms with van der Waals surface area (Å²) < 4.78 is 35.6. The minimum Gasteiger partial charge on any atom is -0.479 e. The molecule has 6 aromatic rings. The van der Waals surface area contributed by atoms with Crippen molar-refractivity contribution < 1.29 is 47.6 Å². The van der Waals surface area contributed by atoms with Crippen molar-refractivity contribution in [2.75, 3.05) is 50.1 Å². The third-order valence-corrected chi connectivity index (χ3v) is 16.1. The number of nitrogens with zero attached hydrogens (tertiary/aromatic N) is 10. The molecule has 20 nitrogen and oxygen atoms in total. The van der Waals surface area contributed by atoms with Gasteiger partial charge < -0.3 is 38.2 Å². The smallest absolute Gasteiger partial charge is 0.425 e. The van der Waals surface area contributed by atoms with Crippen molar-refractivity contribution in [1.82, 2.24) is 39.7 Å². The number of carbonyl (C=O) groups excluding carboxylic acids is 4. The van der Waals surface area contributed by atoms with Gasteiger partial charge in [0.05, 0.1) is 14.9 Å². The van der Waals surface area contributed by atoms with Gasteiger partial charge in [0.1, 0.15) is 33.6 Å². The second kappa shape index (κ2) is 29.3. The van der Waals surface area contributed by atoms with E-state index in [4.69, 9.17) is 33.4 Å². The summed E-state index contributed by atoms with van der Waals surface area (Å²) in [6, 6.07) is 10.8. The fourth-order valence-corrected chi connectivity index (χ4v) is 11.4. The highest BCUT2D eigenvalue weighted by Gasteiger charge is 2.40. The molecule has 0 unspecified atom stereocenters. The maximum absolute atomic E-state index is 13.5. The Balaban J connectivity index is 0.000000239. The van der Waals surface area contributed by atoms with Crippen LogP contribution >= 0.6 is 38.6 Å². The van der Waals surface area contributed by atoms with Gasteiger partial charge in [-0.2, -0.15) is 9.80 Å². The lowest BCUT2D eigenvalue weighted by molar-refractivity contribution is 0.0401. The van der Waals surface area contributed by atoms with Gasteiger partial charge in [-0.15, -0.1) is 22.7 Å². The molecule has 0 spiro atoms. The summed E-state index contributed by atoms with van der Waals surface area (Å²) in [5.41, 5.74) is -2.68. The highest BCUT2D eigenvalue weighted by Crippen LogP contribution is 2.42. The summed E-state index contributed by atoms with van der Waals surface area (Å²) in [4.78, 5) is 88.0. The first-order chi connectivity index (χ1) is 40.9. The van der Waals surface area contributed by atoms with E-state index >= 15 is 0 Å². The molecule has 478 valence electrons. The standard InChI is InChI=1S/C32H43N5O5S.C23H30BrN3O5.C10H16N2S/c1-30(2,3)41-28(38)37(29(39)42-31(4,5)6)26-24(40-32(7,8)23-10-14-33-15-11-23)18-22(19-34-26)25-20-35-27(43-25)21-12-16-36(9)17-13-21;1-21(2,3)31-19(28)27(20(29)32-22(4,5)6)18-17(13-16(24)14-26-18)30-23(7,8)15-9-11-25-12-10-15;1-8-7-11-10(13-8)9-3-5-12(2)6-4-9/h10-11,14-15,18-21H,12-13,16-17H2,1-9H3;9-14H,1-8H3;7,9H,3-6H2,1-2H3. The summed E-state index contributed by atoms with van der Waals surface area (Å²) in [6.07, 6.45) is 14.6. The molecule has 0 atom stereocenters. The number of carbonyl (C=O) groups is 4. The molecule has 2 aliphatic heterocycles. The number of anilines is 2. The number of thiazole rings is 2. The van der Waals surface area contributed by atoms with E-state index in [1.165, 1.54) is 42.0 Å². The Kier molecular flexibility index (Phi) is 23.5. The maximum atomic E-state index is 13.5. The van der Waals surface area contributed by atoms with Crippen LogP contribution < -0.4 is 19.3 Å². The third-order valence-electron chi connectivity index (χ3n) is 13.4. The van der Waals surface area contributed by atoms with Crippen LogP contribution in [0.5, 0.6) is 11.5 Å². The normalized spacial score (nSPS) is 14.9. The van der Waals surface area contributed by atoms with Crippen LogP contribution in [0.1, 0.15) is 174 Å². The van der Waals surface area contributed by atoms with Gasteiger partial charge in [-0.1, -0.05) is 0 Å². The number of halogens is 1. The number of aryl methyl sites for hydroxylation is 1. The predicted molar refractivity (Wildman–Crippen MR) is 349 cm³/mol.